The first kappa shape index (κ1) is 25.0. The largest absolute Gasteiger partial charge is 0.443 e. The minimum atomic E-state index is -4.69. The van der Waals surface area contributed by atoms with Gasteiger partial charge in [-0.2, -0.15) is 8.78 Å². The van der Waals surface area contributed by atoms with E-state index < -0.39 is 30.5 Å². The first-order chi connectivity index (χ1) is 12.9. The first-order valence-electron chi connectivity index (χ1n) is 8.64. The van der Waals surface area contributed by atoms with E-state index in [1.54, 1.807) is 20.8 Å². The second kappa shape index (κ2) is 10.1. The summed E-state index contributed by atoms with van der Waals surface area (Å²) in [5.74, 6) is 0. The highest BCUT2D eigenvalue weighted by atomic mass is 79.9. The molecule has 0 heterocycles. The van der Waals surface area contributed by atoms with Crippen molar-refractivity contribution in [1.82, 2.24) is 10.9 Å². The van der Waals surface area contributed by atoms with E-state index in [2.05, 4.69) is 26.8 Å². The van der Waals surface area contributed by atoms with Crippen LogP contribution in [0, 0.1) is 0 Å². The van der Waals surface area contributed by atoms with Gasteiger partial charge < -0.3 is 13.8 Å². The summed E-state index contributed by atoms with van der Waals surface area (Å²) in [5.41, 5.74) is 0.593. The van der Waals surface area contributed by atoms with Crippen LogP contribution in [0.15, 0.2) is 22.7 Å². The molecule has 0 aliphatic carbocycles. The third-order valence-electron chi connectivity index (χ3n) is 3.18. The van der Waals surface area contributed by atoms with Gasteiger partial charge in [0.2, 0.25) is 0 Å². The Labute approximate surface area is 172 Å². The summed E-state index contributed by atoms with van der Waals surface area (Å²) in [6.07, 6.45) is -0.663. The highest BCUT2D eigenvalue weighted by Crippen LogP contribution is 2.67. The smallest absolute Gasteiger partial charge is 0.422 e. The monoisotopic (exact) mass is 486 g/mol. The van der Waals surface area contributed by atoms with Crippen molar-refractivity contribution in [2.45, 2.75) is 52.4 Å². The summed E-state index contributed by atoms with van der Waals surface area (Å²) >= 11 is 3.09. The van der Waals surface area contributed by atoms with Gasteiger partial charge in [0.25, 0.3) is 0 Å². The van der Waals surface area contributed by atoms with Crippen LogP contribution in [0.1, 0.15) is 45.7 Å². The maximum Gasteiger partial charge on any atom is 0.422 e. The number of carbonyl (C=O) groups is 1. The maximum absolute atomic E-state index is 14.9. The van der Waals surface area contributed by atoms with Gasteiger partial charge in [0.15, 0.2) is 0 Å². The van der Waals surface area contributed by atoms with E-state index in [-0.39, 0.29) is 24.2 Å². The summed E-state index contributed by atoms with van der Waals surface area (Å²) in [4.78, 5) is 11.6. The van der Waals surface area contributed by atoms with Crippen molar-refractivity contribution >= 4 is 29.6 Å². The van der Waals surface area contributed by atoms with Crippen LogP contribution in [0.25, 0.3) is 0 Å². The Morgan fingerprint density at radius 2 is 1.75 bits per heavy atom. The Hall–Kier alpha value is -1.06. The zero-order chi connectivity index (χ0) is 21.6. The van der Waals surface area contributed by atoms with Gasteiger partial charge in [-0.15, -0.1) is 0 Å². The molecule has 160 valence electrons. The molecule has 0 radical (unpaired) electrons. The van der Waals surface area contributed by atoms with E-state index in [1.165, 1.54) is 26.0 Å². The fourth-order valence-corrected chi connectivity index (χ4v) is 4.52. The van der Waals surface area contributed by atoms with Crippen LogP contribution in [-0.4, -0.2) is 24.9 Å². The molecule has 0 spiro atoms. The van der Waals surface area contributed by atoms with Gasteiger partial charge in [-0.1, -0.05) is 28.1 Å². The molecule has 1 aromatic carbocycles. The summed E-state index contributed by atoms with van der Waals surface area (Å²) in [6, 6.07) is 3.98. The van der Waals surface area contributed by atoms with E-state index in [1.807, 2.05) is 0 Å². The molecule has 11 heteroatoms. The standard InChI is InChI=1S/C17H26BrF2N2O5P/c1-6-25-28(24,26-7-2)17(19,20)13-9-8-12(10-14(13)18)11-21-22-15(23)27-16(3,4)5/h8-10,21H,6-7,11H2,1-5H3,(H,22,23). The number of halogens is 3. The Kier molecular flexibility index (Phi) is 9.02. The molecule has 0 atom stereocenters. The SMILES string of the molecule is CCOP(=O)(OCC)C(F)(F)c1ccc(CNNC(=O)OC(C)(C)C)cc1Br. The third-order valence-corrected chi connectivity index (χ3v) is 5.96. The highest BCUT2D eigenvalue weighted by Gasteiger charge is 2.55. The van der Waals surface area contributed by atoms with Gasteiger partial charge in [0, 0.05) is 16.6 Å². The Balaban J connectivity index is 2.88. The molecular weight excluding hydrogens is 461 g/mol. The minimum absolute atomic E-state index is 0.0358. The van der Waals surface area contributed by atoms with Crippen molar-refractivity contribution in [3.05, 3.63) is 33.8 Å². The van der Waals surface area contributed by atoms with Gasteiger partial charge in [-0.05, 0) is 46.2 Å². The second-order valence-corrected chi connectivity index (χ2v) is 9.60. The normalized spacial score (nSPS) is 12.7. The summed E-state index contributed by atoms with van der Waals surface area (Å²) in [5, 5.41) is 0. The number of hydrazine groups is 1. The molecule has 0 unspecified atom stereocenters. The van der Waals surface area contributed by atoms with Crippen molar-refractivity contribution in [2.75, 3.05) is 13.2 Å². The summed E-state index contributed by atoms with van der Waals surface area (Å²) in [7, 11) is -4.69. The maximum atomic E-state index is 14.9. The lowest BCUT2D eigenvalue weighted by molar-refractivity contribution is 0.0354. The highest BCUT2D eigenvalue weighted by molar-refractivity contribution is 9.10. The van der Waals surface area contributed by atoms with Crippen LogP contribution < -0.4 is 10.9 Å². The average Bonchev–Trinajstić information content (AvgIpc) is 2.53. The molecule has 0 bridgehead atoms. The summed E-state index contributed by atoms with van der Waals surface area (Å²) in [6.45, 7) is 7.90. The molecule has 28 heavy (non-hydrogen) atoms. The third kappa shape index (κ3) is 6.77. The molecule has 0 aliphatic heterocycles. The van der Waals surface area contributed by atoms with E-state index in [0.717, 1.165) is 6.07 Å². The number of hydrogen-bond acceptors (Lipinski definition) is 6. The number of rotatable bonds is 9. The number of hydrogen-bond donors (Lipinski definition) is 2. The van der Waals surface area contributed by atoms with Crippen molar-refractivity contribution in [3.63, 3.8) is 0 Å². The van der Waals surface area contributed by atoms with E-state index >= 15 is 0 Å². The fraction of sp³-hybridized carbons (Fsp3) is 0.588. The van der Waals surface area contributed by atoms with Crippen LogP contribution in [0.2, 0.25) is 0 Å². The van der Waals surface area contributed by atoms with Crippen LogP contribution in [0.4, 0.5) is 13.6 Å². The quantitative estimate of drug-likeness (QED) is 0.364. The molecular formula is C17H26BrF2N2O5P. The number of benzene rings is 1. The predicted octanol–water partition coefficient (Wildman–Crippen LogP) is 5.29. The van der Waals surface area contributed by atoms with Crippen LogP contribution in [0.5, 0.6) is 0 Å². The number of nitrogens with one attached hydrogen (secondary N) is 2. The summed E-state index contributed by atoms with van der Waals surface area (Å²) < 4.78 is 56.9. The zero-order valence-corrected chi connectivity index (χ0v) is 19.0. The lowest BCUT2D eigenvalue weighted by Crippen LogP contribution is -2.40. The van der Waals surface area contributed by atoms with Gasteiger partial charge in [0.1, 0.15) is 5.60 Å². The van der Waals surface area contributed by atoms with Crippen LogP contribution >= 0.6 is 23.5 Å². The molecule has 2 N–H and O–H groups in total. The Bertz CT molecular complexity index is 718. The van der Waals surface area contributed by atoms with Gasteiger partial charge in [0.05, 0.1) is 13.2 Å². The minimum Gasteiger partial charge on any atom is -0.443 e. The van der Waals surface area contributed by atoms with Gasteiger partial charge >= 0.3 is 19.4 Å². The van der Waals surface area contributed by atoms with Crippen molar-refractivity contribution in [2.24, 2.45) is 0 Å². The van der Waals surface area contributed by atoms with E-state index in [4.69, 9.17) is 13.8 Å². The lowest BCUT2D eigenvalue weighted by Gasteiger charge is -2.26. The van der Waals surface area contributed by atoms with Crippen LogP contribution in [-0.2, 0) is 30.6 Å². The number of alkyl halides is 2. The molecule has 0 saturated carbocycles. The predicted molar refractivity (Wildman–Crippen MR) is 105 cm³/mol. The fourth-order valence-electron chi connectivity index (χ4n) is 2.12. The topological polar surface area (TPSA) is 85.9 Å². The molecule has 1 aromatic rings. The number of amides is 1. The van der Waals surface area contributed by atoms with Crippen molar-refractivity contribution in [1.29, 1.82) is 0 Å². The molecule has 0 fully saturated rings. The molecule has 0 aliphatic rings. The molecule has 7 nitrogen and oxygen atoms in total. The van der Waals surface area contributed by atoms with Gasteiger partial charge in [-0.25, -0.2) is 10.2 Å². The van der Waals surface area contributed by atoms with Crippen molar-refractivity contribution < 1.29 is 31.9 Å². The average molecular weight is 487 g/mol. The van der Waals surface area contributed by atoms with E-state index in [0.29, 0.717) is 5.56 Å². The second-order valence-electron chi connectivity index (χ2n) is 6.67. The first-order valence-corrected chi connectivity index (χ1v) is 11.0. The number of ether oxygens (including phenoxy) is 1. The van der Waals surface area contributed by atoms with E-state index in [9.17, 15) is 18.1 Å². The van der Waals surface area contributed by atoms with Crippen LogP contribution in [0.3, 0.4) is 0 Å². The Morgan fingerprint density at radius 3 is 2.21 bits per heavy atom. The Morgan fingerprint density at radius 1 is 1.18 bits per heavy atom. The lowest BCUT2D eigenvalue weighted by atomic mass is 10.1. The molecule has 0 saturated heterocycles. The number of carbonyl (C=O) groups excluding carboxylic acids is 1. The molecule has 1 amide bonds. The van der Waals surface area contributed by atoms with Gasteiger partial charge in [-0.3, -0.25) is 9.99 Å². The molecule has 0 aromatic heterocycles. The van der Waals surface area contributed by atoms with Crippen molar-refractivity contribution in [3.8, 4) is 0 Å². The zero-order valence-electron chi connectivity index (χ0n) is 16.5. The molecule has 1 rings (SSSR count).